The summed E-state index contributed by atoms with van der Waals surface area (Å²) in [6.07, 6.45) is 12.5. The molecule has 0 aromatic heterocycles. The van der Waals surface area contributed by atoms with Crippen LogP contribution in [0, 0.1) is 10.1 Å². The largest absolute Gasteiger partial charge is 0.314 e. The maximum atomic E-state index is 11.0. The van der Waals surface area contributed by atoms with E-state index >= 15 is 0 Å². The van der Waals surface area contributed by atoms with Gasteiger partial charge in [0.05, 0.1) is 4.92 Å². The van der Waals surface area contributed by atoms with Gasteiger partial charge in [0, 0.05) is 0 Å². The van der Waals surface area contributed by atoms with Crippen LogP contribution >= 0.6 is 62.5 Å². The molecule has 0 N–H and O–H groups in total. The molecular formula is C16H25BrCl3NO2S. The molecule has 0 aliphatic rings. The highest BCUT2D eigenvalue weighted by Crippen LogP contribution is 2.35. The Bertz CT molecular complexity index is 441. The molecule has 8 heteroatoms. The molecule has 0 saturated carbocycles. The molecule has 0 amide bonds. The van der Waals surface area contributed by atoms with Gasteiger partial charge >= 0.3 is 5.70 Å². The second-order valence-corrected chi connectivity index (χ2v) is 9.20. The van der Waals surface area contributed by atoms with Crippen molar-refractivity contribution in [2.45, 2.75) is 71.1 Å². The molecule has 0 saturated heterocycles. The number of hydrogen-bond acceptors (Lipinski definition) is 3. The van der Waals surface area contributed by atoms with Gasteiger partial charge in [-0.25, -0.2) is 0 Å². The van der Waals surface area contributed by atoms with Crippen molar-refractivity contribution in [3.8, 4) is 0 Å². The number of nitro groups is 1. The van der Waals surface area contributed by atoms with Gasteiger partial charge in [0.2, 0.25) is 0 Å². The molecule has 0 aromatic rings. The molecule has 0 atom stereocenters. The van der Waals surface area contributed by atoms with E-state index in [-0.39, 0.29) is 19.0 Å². The number of nitrogens with zero attached hydrogens (tertiary/aromatic N) is 1. The van der Waals surface area contributed by atoms with Gasteiger partial charge in [-0.15, -0.1) is 11.8 Å². The van der Waals surface area contributed by atoms with Gasteiger partial charge in [-0.3, -0.25) is 10.1 Å². The maximum Gasteiger partial charge on any atom is 0.314 e. The predicted molar refractivity (Wildman–Crippen MR) is 112 cm³/mol. The predicted octanol–water partition coefficient (Wildman–Crippen LogP) is 8.37. The number of rotatable bonds is 14. The Labute approximate surface area is 172 Å². The van der Waals surface area contributed by atoms with Gasteiger partial charge in [0.25, 0.3) is 0 Å². The second kappa shape index (κ2) is 15.8. The molecule has 0 heterocycles. The Hall–Kier alpha value is 0.580. The second-order valence-electron chi connectivity index (χ2n) is 5.48. The van der Waals surface area contributed by atoms with Crippen LogP contribution in [0.4, 0.5) is 0 Å². The smallest absolute Gasteiger partial charge is 0.258 e. The van der Waals surface area contributed by atoms with Gasteiger partial charge in [-0.2, -0.15) is 0 Å². The first kappa shape index (κ1) is 24.6. The monoisotopic (exact) mass is 479 g/mol. The summed E-state index contributed by atoms with van der Waals surface area (Å²) < 4.78 is 0.0482. The summed E-state index contributed by atoms with van der Waals surface area (Å²) in [7, 11) is 0. The van der Waals surface area contributed by atoms with Gasteiger partial charge in [0.1, 0.15) is 8.97 Å². The lowest BCUT2D eigenvalue weighted by Crippen LogP contribution is -2.01. The van der Waals surface area contributed by atoms with Crippen molar-refractivity contribution < 1.29 is 4.92 Å². The van der Waals surface area contributed by atoms with Crippen molar-refractivity contribution in [3.63, 3.8) is 0 Å². The summed E-state index contributed by atoms with van der Waals surface area (Å²) in [4.78, 5) is 10.4. The van der Waals surface area contributed by atoms with Crippen molar-refractivity contribution in [2.75, 3.05) is 5.75 Å². The van der Waals surface area contributed by atoms with E-state index in [0.29, 0.717) is 0 Å². The Balaban J connectivity index is 3.92. The molecule has 0 rings (SSSR count). The summed E-state index contributed by atoms with van der Waals surface area (Å²) in [5.74, 6) is 0.733. The van der Waals surface area contributed by atoms with Crippen LogP contribution in [0.1, 0.15) is 71.1 Å². The average molecular weight is 482 g/mol. The molecule has 0 spiro atoms. The Morgan fingerprint density at radius 3 is 1.83 bits per heavy atom. The van der Waals surface area contributed by atoms with Crippen molar-refractivity contribution in [3.05, 3.63) is 29.1 Å². The van der Waals surface area contributed by atoms with E-state index in [2.05, 4.69) is 22.9 Å². The number of unbranched alkanes of at least 4 members (excludes halogenated alkanes) is 9. The zero-order chi connectivity index (χ0) is 18.4. The first-order valence-electron chi connectivity index (χ1n) is 8.29. The van der Waals surface area contributed by atoms with Crippen LogP contribution in [-0.2, 0) is 0 Å². The third kappa shape index (κ3) is 12.0. The first-order chi connectivity index (χ1) is 11.4. The maximum absolute atomic E-state index is 11.0. The minimum absolute atomic E-state index is 0.0199. The van der Waals surface area contributed by atoms with Crippen LogP contribution in [-0.4, -0.2) is 10.7 Å². The lowest BCUT2D eigenvalue weighted by Gasteiger charge is -2.04. The van der Waals surface area contributed by atoms with E-state index in [9.17, 15) is 10.1 Å². The van der Waals surface area contributed by atoms with Crippen LogP contribution in [0.25, 0.3) is 0 Å². The van der Waals surface area contributed by atoms with Gasteiger partial charge in [-0.1, -0.05) is 99.5 Å². The topological polar surface area (TPSA) is 43.1 Å². The molecule has 24 heavy (non-hydrogen) atoms. The van der Waals surface area contributed by atoms with Crippen molar-refractivity contribution in [2.24, 2.45) is 0 Å². The third-order valence-corrected chi connectivity index (χ3v) is 6.19. The Morgan fingerprint density at radius 1 is 0.958 bits per heavy atom. The highest BCUT2D eigenvalue weighted by molar-refractivity contribution is 9.12. The van der Waals surface area contributed by atoms with Crippen molar-refractivity contribution in [1.82, 2.24) is 0 Å². The summed E-state index contributed by atoms with van der Waals surface area (Å²) in [6.45, 7) is 2.23. The van der Waals surface area contributed by atoms with Crippen LogP contribution in [0.3, 0.4) is 0 Å². The van der Waals surface area contributed by atoms with Gasteiger partial charge in [0.15, 0.2) is 4.36 Å². The number of allylic oxidation sites excluding steroid dienone is 1. The van der Waals surface area contributed by atoms with Crippen LogP contribution in [0.15, 0.2) is 19.0 Å². The standard InChI is InChI=1S/C16H25BrCl3NO2S/c1-2-3-4-5-6-7-8-9-10-11-12-24-16(20)14(21(22)23)13(18)15(17)19/h2-12H2,1H3/b15-13-,16-14-. The third-order valence-electron chi connectivity index (χ3n) is 3.47. The summed E-state index contributed by atoms with van der Waals surface area (Å²) in [5.41, 5.74) is -0.350. The minimum Gasteiger partial charge on any atom is -0.258 e. The summed E-state index contributed by atoms with van der Waals surface area (Å²) >= 11 is 21.6. The molecular weight excluding hydrogens is 457 g/mol. The Kier molecular flexibility index (Phi) is 16.2. The molecule has 0 radical (unpaired) electrons. The fourth-order valence-corrected chi connectivity index (χ4v) is 3.93. The zero-order valence-electron chi connectivity index (χ0n) is 14.0. The first-order valence-corrected chi connectivity index (χ1v) is 11.2. The molecule has 0 aliphatic heterocycles. The van der Waals surface area contributed by atoms with Crippen LogP contribution in [0.5, 0.6) is 0 Å². The molecule has 140 valence electrons. The lowest BCUT2D eigenvalue weighted by molar-refractivity contribution is -0.419. The average Bonchev–Trinajstić information content (AvgIpc) is 2.52. The van der Waals surface area contributed by atoms with Crippen molar-refractivity contribution in [1.29, 1.82) is 0 Å². The molecule has 0 aromatic carbocycles. The molecule has 0 unspecified atom stereocenters. The van der Waals surface area contributed by atoms with E-state index in [1.165, 1.54) is 63.1 Å². The molecule has 0 fully saturated rings. The van der Waals surface area contributed by atoms with Crippen LogP contribution < -0.4 is 0 Å². The fraction of sp³-hybridized carbons (Fsp3) is 0.750. The van der Waals surface area contributed by atoms with E-state index < -0.39 is 4.92 Å². The van der Waals surface area contributed by atoms with E-state index in [1.54, 1.807) is 0 Å². The summed E-state index contributed by atoms with van der Waals surface area (Å²) in [6, 6.07) is 0. The zero-order valence-corrected chi connectivity index (χ0v) is 18.6. The van der Waals surface area contributed by atoms with E-state index in [4.69, 9.17) is 34.8 Å². The highest BCUT2D eigenvalue weighted by Gasteiger charge is 2.24. The lowest BCUT2D eigenvalue weighted by atomic mass is 10.1. The Morgan fingerprint density at radius 2 is 1.42 bits per heavy atom. The minimum atomic E-state index is -0.611. The quantitative estimate of drug-likeness (QED) is 0.108. The number of hydrogen-bond donors (Lipinski definition) is 0. The number of thioether (sulfide) groups is 1. The fourth-order valence-electron chi connectivity index (χ4n) is 2.15. The van der Waals surface area contributed by atoms with Gasteiger partial charge < -0.3 is 0 Å². The summed E-state index contributed by atoms with van der Waals surface area (Å²) in [5, 5.41) is 10.9. The highest BCUT2D eigenvalue weighted by atomic mass is 79.9. The normalized spacial score (nSPS) is 13.5. The van der Waals surface area contributed by atoms with Crippen LogP contribution in [0.2, 0.25) is 0 Å². The SMILES string of the molecule is CCCCCCCCCCCCS/C(Cl)=C(/C(Cl)=C(/Cl)Br)[N+](=O)[O-]. The molecule has 0 bridgehead atoms. The van der Waals surface area contributed by atoms with Crippen molar-refractivity contribution >= 4 is 62.5 Å². The molecule has 0 aliphatic carbocycles. The number of halogens is 4. The van der Waals surface area contributed by atoms with Gasteiger partial charge in [-0.05, 0) is 28.1 Å². The molecule has 3 nitrogen and oxygen atoms in total. The van der Waals surface area contributed by atoms with E-state index in [0.717, 1.165) is 18.6 Å². The van der Waals surface area contributed by atoms with E-state index in [1.807, 2.05) is 0 Å².